The number of nitriles is 1. The Morgan fingerprint density at radius 3 is 2.44 bits per heavy atom. The third-order valence-corrected chi connectivity index (χ3v) is 15.4. The van der Waals surface area contributed by atoms with Crippen molar-refractivity contribution in [2.24, 2.45) is 7.05 Å². The molecule has 0 radical (unpaired) electrons. The largest absolute Gasteiger partial charge is 0.481 e. The summed E-state index contributed by atoms with van der Waals surface area (Å²) in [5.41, 5.74) is 5.25. The number of aromatic nitrogens is 9. The number of aryl methyl sites for hydroxylation is 1. The van der Waals surface area contributed by atoms with Gasteiger partial charge in [0.05, 0.1) is 61.1 Å². The number of piperidine rings is 2. The second kappa shape index (κ2) is 17.4. The highest BCUT2D eigenvalue weighted by Gasteiger charge is 2.49. The van der Waals surface area contributed by atoms with Crippen LogP contribution in [-0.4, -0.2) is 130 Å². The number of benzene rings is 1. The summed E-state index contributed by atoms with van der Waals surface area (Å²) in [7, 11) is 3.24. The molecule has 18 nitrogen and oxygen atoms in total. The van der Waals surface area contributed by atoms with Crippen LogP contribution in [-0.2, 0) is 18.4 Å². The molecule has 7 aromatic rings. The van der Waals surface area contributed by atoms with Gasteiger partial charge in [0.15, 0.2) is 5.82 Å². The molecule has 0 spiro atoms. The molecular weight excluding hydrogens is 916 g/mol. The number of methoxy groups -OCH3 is 1. The van der Waals surface area contributed by atoms with Crippen molar-refractivity contribution < 1.29 is 27.5 Å². The zero-order valence-electron chi connectivity index (χ0n) is 39.1. The van der Waals surface area contributed by atoms with Crippen molar-refractivity contribution in [2.45, 2.75) is 87.5 Å². The number of imide groups is 1. The Morgan fingerprint density at radius 1 is 0.901 bits per heavy atom. The number of alkyl halides is 2. The third-order valence-electron chi connectivity index (χ3n) is 15.4. The minimum Gasteiger partial charge on any atom is -0.481 e. The third kappa shape index (κ3) is 7.98. The van der Waals surface area contributed by atoms with Crippen LogP contribution in [0.25, 0.3) is 38.9 Å². The van der Waals surface area contributed by atoms with Crippen LogP contribution >= 0.6 is 0 Å². The number of rotatable bonds is 10. The minimum absolute atomic E-state index is 0.0541. The number of ether oxygens (including phenoxy) is 1. The molecule has 21 heteroatoms. The summed E-state index contributed by atoms with van der Waals surface area (Å²) in [5, 5.41) is 26.3. The van der Waals surface area contributed by atoms with E-state index >= 15 is 13.2 Å². The number of pyridine rings is 2. The molecule has 3 atom stereocenters. The lowest BCUT2D eigenvalue weighted by molar-refractivity contribution is -0.120. The Labute approximate surface area is 405 Å². The zero-order valence-corrected chi connectivity index (χ0v) is 39.1. The van der Waals surface area contributed by atoms with E-state index in [9.17, 15) is 14.9 Å². The first-order valence-electron chi connectivity index (χ1n) is 24.1. The first kappa shape index (κ1) is 44.7. The molecule has 6 aliphatic rings. The smallest absolute Gasteiger partial charge is 0.329 e. The van der Waals surface area contributed by atoms with E-state index in [0.717, 1.165) is 61.4 Å². The van der Waals surface area contributed by atoms with Gasteiger partial charge in [-0.15, -0.1) is 0 Å². The molecule has 6 fully saturated rings. The first-order chi connectivity index (χ1) is 34.4. The maximum atomic E-state index is 16.2. The quantitative estimate of drug-likeness (QED) is 0.158. The van der Waals surface area contributed by atoms with Crippen molar-refractivity contribution in [1.82, 2.24) is 59.2 Å². The fourth-order valence-electron chi connectivity index (χ4n) is 11.6. The molecule has 3 unspecified atom stereocenters. The van der Waals surface area contributed by atoms with Crippen LogP contribution in [0.15, 0.2) is 73.6 Å². The number of anilines is 2. The summed E-state index contributed by atoms with van der Waals surface area (Å²) >= 11 is 0. The maximum absolute atomic E-state index is 16.2. The summed E-state index contributed by atoms with van der Waals surface area (Å²) in [6.07, 6.45) is 15.0. The highest BCUT2D eigenvalue weighted by Crippen LogP contribution is 2.45. The Hall–Kier alpha value is -7.44. The maximum Gasteiger partial charge on any atom is 0.329 e. The molecule has 1 saturated carbocycles. The van der Waals surface area contributed by atoms with Gasteiger partial charge in [-0.1, -0.05) is 6.07 Å². The van der Waals surface area contributed by atoms with Gasteiger partial charge in [0.2, 0.25) is 11.8 Å². The molecule has 6 aromatic heterocycles. The van der Waals surface area contributed by atoms with E-state index < -0.39 is 36.1 Å². The van der Waals surface area contributed by atoms with E-state index in [1.807, 2.05) is 46.4 Å². The molecule has 5 aliphatic heterocycles. The molecule has 13 rings (SSSR count). The molecule has 71 heavy (non-hydrogen) atoms. The summed E-state index contributed by atoms with van der Waals surface area (Å²) in [4.78, 5) is 46.7. The predicted molar refractivity (Wildman–Crippen MR) is 254 cm³/mol. The number of hydrogen-bond donors (Lipinski definition) is 1. The lowest BCUT2D eigenvalue weighted by atomic mass is 9.83. The molecule has 1 N–H and O–H groups in total. The van der Waals surface area contributed by atoms with Gasteiger partial charge < -0.3 is 9.64 Å². The van der Waals surface area contributed by atoms with E-state index in [-0.39, 0.29) is 42.9 Å². The normalized spacial score (nSPS) is 23.7. The van der Waals surface area contributed by atoms with Gasteiger partial charge in [0.1, 0.15) is 28.8 Å². The van der Waals surface area contributed by atoms with Crippen molar-refractivity contribution in [1.29, 1.82) is 5.26 Å². The van der Waals surface area contributed by atoms with Gasteiger partial charge in [0, 0.05) is 98.9 Å². The summed E-state index contributed by atoms with van der Waals surface area (Å²) in [6.45, 7) is 2.59. The first-order valence-corrected chi connectivity index (χ1v) is 24.1. The molecule has 11 heterocycles. The van der Waals surface area contributed by atoms with Crippen LogP contribution in [0.1, 0.15) is 73.6 Å². The van der Waals surface area contributed by atoms with E-state index in [0.29, 0.717) is 70.7 Å². The summed E-state index contributed by atoms with van der Waals surface area (Å²) in [5.74, 6) is -4.04. The van der Waals surface area contributed by atoms with Crippen molar-refractivity contribution in [2.75, 3.05) is 49.6 Å². The van der Waals surface area contributed by atoms with Crippen LogP contribution in [0, 0.1) is 17.1 Å². The number of urea groups is 1. The number of halogens is 3. The van der Waals surface area contributed by atoms with Crippen molar-refractivity contribution in [3.05, 3.63) is 96.1 Å². The van der Waals surface area contributed by atoms with E-state index in [4.69, 9.17) is 19.8 Å². The number of nitrogens with zero attached hydrogens (tertiary/aromatic N) is 14. The fraction of sp³-hybridized carbons (Fsp3) is 0.420. The number of likely N-dealkylation sites (tertiary alicyclic amines) is 1. The van der Waals surface area contributed by atoms with Gasteiger partial charge in [-0.05, 0) is 80.5 Å². The van der Waals surface area contributed by atoms with E-state index in [1.54, 1.807) is 37.3 Å². The van der Waals surface area contributed by atoms with Crippen LogP contribution in [0.5, 0.6) is 5.88 Å². The zero-order chi connectivity index (χ0) is 48.7. The summed E-state index contributed by atoms with van der Waals surface area (Å²) < 4.78 is 58.6. The second-order valence-corrected chi connectivity index (χ2v) is 19.5. The highest BCUT2D eigenvalue weighted by atomic mass is 19.3. The van der Waals surface area contributed by atoms with E-state index in [2.05, 4.69) is 42.4 Å². The SMILES string of the molecule is COc1ccc(CN2C3CC2CN(c2ccc(-c4nc(-c5cnn([C@H]6CC[C@H](N7CCC(c8cc9c(cc8F)c(N8CCC(=O)NC8=O)nn9C)C(F)(F)C7)CC6)c5)cn5ncc(C#N)c45)cn2)C3)cn1. The van der Waals surface area contributed by atoms with Crippen LogP contribution in [0.3, 0.4) is 0 Å². The Balaban J connectivity index is 0.699. The Bertz CT molecular complexity index is 3240. The van der Waals surface area contributed by atoms with Gasteiger partial charge in [-0.3, -0.25) is 34.2 Å². The van der Waals surface area contributed by atoms with Crippen LogP contribution in [0.4, 0.5) is 29.6 Å². The molecule has 3 amide bonds. The molecule has 364 valence electrons. The van der Waals surface area contributed by atoms with Gasteiger partial charge >= 0.3 is 6.03 Å². The number of amides is 3. The molecule has 5 saturated heterocycles. The predicted octanol–water partition coefficient (Wildman–Crippen LogP) is 6.47. The lowest BCUT2D eigenvalue weighted by Crippen LogP contribution is -2.68. The number of piperazine rings is 1. The fourth-order valence-corrected chi connectivity index (χ4v) is 11.6. The number of hydrogen-bond acceptors (Lipinski definition) is 13. The number of carbonyl (C=O) groups is 2. The molecule has 1 aliphatic carbocycles. The number of nitrogens with one attached hydrogen (secondary N) is 1. The molecule has 2 bridgehead atoms. The number of carbonyl (C=O) groups excluding carboxylic acids is 2. The van der Waals surface area contributed by atoms with Crippen molar-refractivity contribution in [3.8, 4) is 34.5 Å². The van der Waals surface area contributed by atoms with Gasteiger partial charge in [-0.2, -0.15) is 20.6 Å². The number of fused-ring (bicyclic) bond motifs is 4. The molecular formula is C50H50F3N15O3. The average Bonchev–Trinajstić information content (AvgIpc) is 4.13. The topological polar surface area (TPSA) is 184 Å². The average molecular weight is 966 g/mol. The summed E-state index contributed by atoms with van der Waals surface area (Å²) in [6, 6.07) is 13.1. The van der Waals surface area contributed by atoms with Crippen molar-refractivity contribution >= 4 is 40.0 Å². The van der Waals surface area contributed by atoms with Gasteiger partial charge in [-0.25, -0.2) is 37.4 Å². The Kier molecular flexibility index (Phi) is 11.0. The highest BCUT2D eigenvalue weighted by molar-refractivity contribution is 6.09. The lowest BCUT2D eigenvalue weighted by Gasteiger charge is -2.56. The van der Waals surface area contributed by atoms with E-state index in [1.165, 1.54) is 21.7 Å². The molecule has 1 aromatic carbocycles. The van der Waals surface area contributed by atoms with Crippen LogP contribution < -0.4 is 19.9 Å². The van der Waals surface area contributed by atoms with Crippen molar-refractivity contribution in [3.63, 3.8) is 0 Å². The standard InChI is InChI=1S/C50H50F3N15O3/c1-62-42-17-37(40(51)16-38(42)48(61-62)65-14-12-44(69)60-49(65)70)39-11-13-63(28-50(39,52)53)33-5-7-34(8-6-33)67-24-32(22-57-67)41-27-68-47(31(18-54)21-58-68)46(59-41)30-4-9-43(55-20-30)64-25-35-15-36(26-64)66(35)23-29-3-10-45(71-2)56-19-29/h3-4,9-10,16-17,19-22,24,27,33-36,39H,5-8,11-15,23,25-26,28H2,1-2H3,(H,60,69,70)/t33-,34-,35?,36?,39?. The van der Waals surface area contributed by atoms with Gasteiger partial charge in [0.25, 0.3) is 5.92 Å². The Morgan fingerprint density at radius 2 is 1.72 bits per heavy atom. The minimum atomic E-state index is -3.20. The van der Waals surface area contributed by atoms with Crippen LogP contribution in [0.2, 0.25) is 0 Å². The monoisotopic (exact) mass is 965 g/mol. The second-order valence-electron chi connectivity index (χ2n) is 19.5.